The van der Waals surface area contributed by atoms with E-state index in [2.05, 4.69) is 0 Å². The lowest BCUT2D eigenvalue weighted by atomic mass is 9.49. The van der Waals surface area contributed by atoms with E-state index in [1.54, 1.807) is 0 Å². The van der Waals surface area contributed by atoms with Gasteiger partial charge in [-0.2, -0.15) is 8.78 Å². The molecule has 0 aliphatic heterocycles. The monoisotopic (exact) mass is 331 g/mol. The van der Waals surface area contributed by atoms with Gasteiger partial charge in [-0.05, 0) is 63.2 Å². The molecule has 130 valence electrons. The van der Waals surface area contributed by atoms with Gasteiger partial charge in [0.25, 0.3) is 0 Å². The number of aliphatic carboxylic acids is 1. The Morgan fingerprint density at radius 2 is 1.61 bits per heavy atom. The van der Waals surface area contributed by atoms with Crippen LogP contribution in [-0.4, -0.2) is 35.2 Å². The van der Waals surface area contributed by atoms with Crippen LogP contribution in [0.15, 0.2) is 0 Å². The molecule has 1 atom stereocenters. The number of halogens is 2. The second-order valence-corrected chi connectivity index (χ2v) is 7.91. The average Bonchev–Trinajstić information content (AvgIpc) is 2.42. The summed E-state index contributed by atoms with van der Waals surface area (Å²) in [5.41, 5.74) is -3.63. The first-order chi connectivity index (χ1) is 10.6. The zero-order valence-corrected chi connectivity index (χ0v) is 13.0. The van der Waals surface area contributed by atoms with Crippen molar-refractivity contribution in [1.82, 2.24) is 0 Å². The van der Waals surface area contributed by atoms with Gasteiger partial charge in [0, 0.05) is 0 Å². The normalized spacial score (nSPS) is 38.2. The van der Waals surface area contributed by atoms with Gasteiger partial charge in [0.05, 0.1) is 5.41 Å². The number of alkyl halides is 2. The number of hydrogen-bond acceptors (Lipinski definition) is 5. The van der Waals surface area contributed by atoms with E-state index in [4.69, 9.17) is 4.74 Å². The summed E-state index contributed by atoms with van der Waals surface area (Å²) < 4.78 is 31.8. The summed E-state index contributed by atoms with van der Waals surface area (Å²) >= 11 is 0. The Kier molecular flexibility index (Phi) is 3.70. The number of carboxylic acids is 1. The van der Waals surface area contributed by atoms with Crippen LogP contribution in [0.5, 0.6) is 0 Å². The molecular formula is C16H21F2O5-. The summed E-state index contributed by atoms with van der Waals surface area (Å²) in [5.74, 6) is -6.30. The van der Waals surface area contributed by atoms with Crippen molar-refractivity contribution in [1.29, 1.82) is 0 Å². The fraction of sp³-hybridized carbons (Fsp3) is 0.875. The predicted octanol–water partition coefficient (Wildman–Crippen LogP) is 0.882. The van der Waals surface area contributed by atoms with Crippen molar-refractivity contribution < 1.29 is 33.3 Å². The SMILES string of the molecule is CC(O)(COC(=O)C12CC3CC(CC(C3)C1)C2)C(F)(F)C(=O)[O-]. The van der Waals surface area contributed by atoms with Gasteiger partial charge >= 0.3 is 11.9 Å². The van der Waals surface area contributed by atoms with E-state index in [0.29, 0.717) is 43.9 Å². The maximum absolute atomic E-state index is 13.4. The zero-order valence-electron chi connectivity index (χ0n) is 13.0. The molecule has 0 aromatic heterocycles. The molecule has 0 radical (unpaired) electrons. The number of ether oxygens (including phenoxy) is 1. The molecule has 1 unspecified atom stereocenters. The molecule has 4 aliphatic carbocycles. The van der Waals surface area contributed by atoms with Gasteiger partial charge in [0.1, 0.15) is 12.6 Å². The number of aliphatic hydroxyl groups is 1. The van der Waals surface area contributed by atoms with Crippen LogP contribution in [0, 0.1) is 23.2 Å². The minimum absolute atomic E-state index is 0.485. The van der Waals surface area contributed by atoms with Crippen molar-refractivity contribution in [3.05, 3.63) is 0 Å². The molecule has 0 saturated heterocycles. The third kappa shape index (κ3) is 2.62. The van der Waals surface area contributed by atoms with Crippen LogP contribution in [0.3, 0.4) is 0 Å². The number of carboxylic acid groups (broad SMARTS) is 1. The number of esters is 1. The lowest BCUT2D eigenvalue weighted by Gasteiger charge is -2.55. The summed E-state index contributed by atoms with van der Waals surface area (Å²) in [5, 5.41) is 20.2. The van der Waals surface area contributed by atoms with Crippen LogP contribution in [0.25, 0.3) is 0 Å². The van der Waals surface area contributed by atoms with Crippen LogP contribution >= 0.6 is 0 Å². The molecule has 4 aliphatic rings. The van der Waals surface area contributed by atoms with Gasteiger partial charge < -0.3 is 19.7 Å². The van der Waals surface area contributed by atoms with Crippen molar-refractivity contribution in [2.24, 2.45) is 23.2 Å². The zero-order chi connectivity index (χ0) is 17.0. The van der Waals surface area contributed by atoms with E-state index < -0.39 is 35.5 Å². The highest BCUT2D eigenvalue weighted by molar-refractivity contribution is 5.78. The Bertz CT molecular complexity index is 493. The van der Waals surface area contributed by atoms with E-state index in [0.717, 1.165) is 19.3 Å². The first kappa shape index (κ1) is 16.6. The Balaban J connectivity index is 1.67. The molecule has 4 fully saturated rings. The Hall–Kier alpha value is -1.24. The summed E-state index contributed by atoms with van der Waals surface area (Å²) in [4.78, 5) is 23.0. The lowest BCUT2D eigenvalue weighted by molar-refractivity contribution is -0.344. The summed E-state index contributed by atoms with van der Waals surface area (Å²) in [6.07, 6.45) is 5.47. The number of hydrogen-bond donors (Lipinski definition) is 1. The second-order valence-electron chi connectivity index (χ2n) is 7.91. The van der Waals surface area contributed by atoms with E-state index in [-0.39, 0.29) is 0 Å². The molecule has 4 saturated carbocycles. The maximum Gasteiger partial charge on any atom is 0.318 e. The van der Waals surface area contributed by atoms with Crippen LogP contribution in [-0.2, 0) is 14.3 Å². The molecule has 0 aromatic rings. The minimum Gasteiger partial charge on any atom is -0.544 e. The standard InChI is InChI=1S/C16H22F2O5/c1-14(22,16(17,18)12(19)20)8-23-13(21)15-5-9-2-10(6-15)4-11(3-9)7-15/h9-11,22H,2-8H2,1H3,(H,19,20)/p-1. The Morgan fingerprint density at radius 1 is 1.17 bits per heavy atom. The van der Waals surface area contributed by atoms with Gasteiger partial charge in [-0.3, -0.25) is 4.79 Å². The third-order valence-electron chi connectivity index (χ3n) is 5.89. The van der Waals surface area contributed by atoms with Crippen molar-refractivity contribution in [3.8, 4) is 0 Å². The molecule has 0 aromatic carbocycles. The van der Waals surface area contributed by atoms with E-state index >= 15 is 0 Å². The summed E-state index contributed by atoms with van der Waals surface area (Å²) in [7, 11) is 0. The Morgan fingerprint density at radius 3 is 2.00 bits per heavy atom. The van der Waals surface area contributed by atoms with E-state index in [9.17, 15) is 28.6 Å². The average molecular weight is 331 g/mol. The van der Waals surface area contributed by atoms with E-state index in [1.807, 2.05) is 0 Å². The maximum atomic E-state index is 13.4. The minimum atomic E-state index is -4.49. The second kappa shape index (κ2) is 5.13. The van der Waals surface area contributed by atoms with Gasteiger partial charge in [-0.25, -0.2) is 0 Å². The van der Waals surface area contributed by atoms with E-state index in [1.165, 1.54) is 0 Å². The number of rotatable bonds is 5. The highest BCUT2D eigenvalue weighted by Crippen LogP contribution is 2.60. The lowest BCUT2D eigenvalue weighted by Crippen LogP contribution is -2.59. The first-order valence-corrected chi connectivity index (χ1v) is 8.05. The van der Waals surface area contributed by atoms with Crippen LogP contribution in [0.1, 0.15) is 45.4 Å². The molecule has 5 nitrogen and oxygen atoms in total. The highest BCUT2D eigenvalue weighted by Gasteiger charge is 2.57. The summed E-state index contributed by atoms with van der Waals surface area (Å²) in [6.45, 7) is -0.426. The fourth-order valence-corrected chi connectivity index (χ4v) is 5.03. The van der Waals surface area contributed by atoms with Crippen molar-refractivity contribution in [2.45, 2.75) is 57.0 Å². The summed E-state index contributed by atoms with van der Waals surface area (Å²) in [6, 6.07) is 0. The van der Waals surface area contributed by atoms with Crippen molar-refractivity contribution in [2.75, 3.05) is 6.61 Å². The van der Waals surface area contributed by atoms with Crippen molar-refractivity contribution in [3.63, 3.8) is 0 Å². The highest BCUT2D eigenvalue weighted by atomic mass is 19.3. The smallest absolute Gasteiger partial charge is 0.318 e. The van der Waals surface area contributed by atoms with Crippen molar-refractivity contribution >= 4 is 11.9 Å². The van der Waals surface area contributed by atoms with Gasteiger partial charge in [0.15, 0.2) is 5.60 Å². The molecule has 1 N–H and O–H groups in total. The quantitative estimate of drug-likeness (QED) is 0.756. The molecule has 0 spiro atoms. The predicted molar refractivity (Wildman–Crippen MR) is 72.1 cm³/mol. The Labute approximate surface area is 133 Å². The molecule has 0 heterocycles. The van der Waals surface area contributed by atoms with Gasteiger partial charge in [-0.15, -0.1) is 0 Å². The molecule has 7 heteroatoms. The molecule has 0 amide bonds. The van der Waals surface area contributed by atoms with Gasteiger partial charge in [-0.1, -0.05) is 0 Å². The fourth-order valence-electron chi connectivity index (χ4n) is 5.03. The first-order valence-electron chi connectivity index (χ1n) is 8.05. The van der Waals surface area contributed by atoms with Gasteiger partial charge in [0.2, 0.25) is 0 Å². The molecule has 4 bridgehead atoms. The van der Waals surface area contributed by atoms with Crippen LogP contribution in [0.2, 0.25) is 0 Å². The third-order valence-corrected chi connectivity index (χ3v) is 5.89. The molecule has 23 heavy (non-hydrogen) atoms. The molecular weight excluding hydrogens is 310 g/mol. The van der Waals surface area contributed by atoms with Crippen LogP contribution < -0.4 is 5.11 Å². The molecule has 4 rings (SSSR count). The number of carbonyl (C=O) groups is 2. The topological polar surface area (TPSA) is 86.7 Å². The van der Waals surface area contributed by atoms with Crippen LogP contribution in [0.4, 0.5) is 8.78 Å². The largest absolute Gasteiger partial charge is 0.544 e. The number of carbonyl (C=O) groups excluding carboxylic acids is 2.